The minimum atomic E-state index is 0.259. The second kappa shape index (κ2) is 11.5. The predicted octanol–water partition coefficient (Wildman–Crippen LogP) is 7.76. The molecule has 1 aromatic heterocycles. The first-order chi connectivity index (χ1) is 19.7. The number of nitrogens with zero attached hydrogens (tertiary/aromatic N) is 4. The lowest BCUT2D eigenvalue weighted by Crippen LogP contribution is -2.57. The summed E-state index contributed by atoms with van der Waals surface area (Å²) in [6, 6.07) is 18.8. The summed E-state index contributed by atoms with van der Waals surface area (Å²) in [6.07, 6.45) is 4.91. The summed E-state index contributed by atoms with van der Waals surface area (Å²) in [5.41, 5.74) is 6.21. The highest BCUT2D eigenvalue weighted by molar-refractivity contribution is 8.00. The molecule has 41 heavy (non-hydrogen) atoms. The normalized spacial score (nSPS) is 24.5. The quantitative estimate of drug-likeness (QED) is 0.314. The van der Waals surface area contributed by atoms with Crippen LogP contribution < -0.4 is 14.4 Å². The fourth-order valence-electron chi connectivity index (χ4n) is 7.29. The molecule has 2 fully saturated rings. The zero-order valence-electron chi connectivity index (χ0n) is 25.5. The molecule has 3 heterocycles. The van der Waals surface area contributed by atoms with Crippen molar-refractivity contribution in [1.29, 1.82) is 0 Å². The minimum Gasteiger partial charge on any atom is -0.475 e. The fraction of sp³-hybridized carbons (Fsp3) is 0.529. The molecule has 1 saturated heterocycles. The third-order valence-electron chi connectivity index (χ3n) is 9.31. The van der Waals surface area contributed by atoms with Crippen LogP contribution in [0.4, 0.5) is 11.6 Å². The molecule has 3 aromatic rings. The molecule has 0 radical (unpaired) electrons. The zero-order valence-corrected chi connectivity index (χ0v) is 26.3. The number of benzene rings is 2. The first-order valence-corrected chi connectivity index (χ1v) is 16.2. The Hall–Kier alpha value is -2.77. The van der Waals surface area contributed by atoms with Gasteiger partial charge in [-0.25, -0.2) is 4.98 Å². The lowest BCUT2D eigenvalue weighted by atomic mass is 9.64. The molecule has 2 aromatic carbocycles. The number of hydrogen-bond acceptors (Lipinski definition) is 7. The Morgan fingerprint density at radius 2 is 1.78 bits per heavy atom. The van der Waals surface area contributed by atoms with Gasteiger partial charge in [-0.15, -0.1) is 0 Å². The summed E-state index contributed by atoms with van der Waals surface area (Å²) in [6.45, 7) is 16.7. The number of hydrogen-bond donors (Lipinski definition) is 1. The Morgan fingerprint density at radius 1 is 1.02 bits per heavy atom. The number of likely N-dealkylation sites (tertiary alicyclic amines) is 1. The van der Waals surface area contributed by atoms with Crippen LogP contribution >= 0.6 is 11.9 Å². The third kappa shape index (κ3) is 5.94. The van der Waals surface area contributed by atoms with Crippen molar-refractivity contribution in [3.8, 4) is 17.1 Å². The van der Waals surface area contributed by atoms with Crippen molar-refractivity contribution in [2.75, 3.05) is 29.3 Å². The van der Waals surface area contributed by atoms with Gasteiger partial charge in [0.05, 0.1) is 11.7 Å². The van der Waals surface area contributed by atoms with Crippen LogP contribution in [0.15, 0.2) is 53.4 Å². The van der Waals surface area contributed by atoms with E-state index in [4.69, 9.17) is 14.7 Å². The van der Waals surface area contributed by atoms with E-state index in [9.17, 15) is 0 Å². The van der Waals surface area contributed by atoms with Gasteiger partial charge in [0.1, 0.15) is 6.61 Å². The van der Waals surface area contributed by atoms with Crippen LogP contribution in [0.5, 0.6) is 5.88 Å². The van der Waals surface area contributed by atoms with E-state index in [1.807, 2.05) is 6.07 Å². The van der Waals surface area contributed by atoms with E-state index in [1.165, 1.54) is 54.1 Å². The summed E-state index contributed by atoms with van der Waals surface area (Å²) < 4.78 is 10.0. The molecule has 218 valence electrons. The van der Waals surface area contributed by atoms with Gasteiger partial charge in [0, 0.05) is 40.8 Å². The Morgan fingerprint density at radius 3 is 2.49 bits per heavy atom. The predicted molar refractivity (Wildman–Crippen MR) is 171 cm³/mol. The van der Waals surface area contributed by atoms with E-state index in [2.05, 4.69) is 98.5 Å². The van der Waals surface area contributed by atoms with E-state index < -0.39 is 0 Å². The number of anilines is 2. The van der Waals surface area contributed by atoms with Gasteiger partial charge in [-0.2, -0.15) is 4.98 Å². The van der Waals surface area contributed by atoms with Crippen molar-refractivity contribution in [3.05, 3.63) is 59.7 Å². The molecule has 1 N–H and O–H groups in total. The van der Waals surface area contributed by atoms with Crippen LogP contribution in [-0.2, 0) is 0 Å². The first-order valence-electron chi connectivity index (χ1n) is 15.3. The van der Waals surface area contributed by atoms with Crippen LogP contribution in [0.2, 0.25) is 0 Å². The maximum Gasteiger partial charge on any atom is 0.237 e. The lowest BCUT2D eigenvalue weighted by Gasteiger charge is -2.53. The maximum absolute atomic E-state index is 6.61. The molecule has 4 bridgehead atoms. The average molecular weight is 572 g/mol. The highest BCUT2D eigenvalue weighted by Crippen LogP contribution is 2.52. The number of nitrogens with one attached hydrogen (secondary N) is 1. The number of fused-ring (bicyclic) bond motifs is 4. The molecule has 0 amide bonds. The summed E-state index contributed by atoms with van der Waals surface area (Å²) in [7, 11) is 0. The van der Waals surface area contributed by atoms with Crippen LogP contribution in [0.3, 0.4) is 0 Å². The van der Waals surface area contributed by atoms with Crippen LogP contribution in [-0.4, -0.2) is 52.7 Å². The van der Waals surface area contributed by atoms with Crippen molar-refractivity contribution >= 4 is 23.6 Å². The van der Waals surface area contributed by atoms with Gasteiger partial charge in [-0.3, -0.25) is 4.72 Å². The van der Waals surface area contributed by atoms with Crippen molar-refractivity contribution in [2.24, 2.45) is 11.3 Å². The summed E-state index contributed by atoms with van der Waals surface area (Å²) in [5.74, 6) is 1.76. The second-order valence-corrected chi connectivity index (χ2v) is 14.1. The van der Waals surface area contributed by atoms with E-state index >= 15 is 0 Å². The Balaban J connectivity index is 1.34. The molecule has 1 unspecified atom stereocenters. The van der Waals surface area contributed by atoms with Crippen LogP contribution in [0, 0.1) is 25.2 Å². The van der Waals surface area contributed by atoms with Crippen molar-refractivity contribution in [1.82, 2.24) is 14.9 Å². The molecule has 3 aliphatic rings. The monoisotopic (exact) mass is 571 g/mol. The molecule has 1 aliphatic carbocycles. The SMILES string of the molecule is Cc1cccc(C)c1-c1cc2nc(n1)NSc1cccc(c1)N(C1CC3(CCN(C(C)C)C3)C1)C(CC(C)C)CO2. The largest absolute Gasteiger partial charge is 0.475 e. The van der Waals surface area contributed by atoms with E-state index in [0.717, 1.165) is 17.7 Å². The van der Waals surface area contributed by atoms with E-state index in [1.54, 1.807) is 11.9 Å². The third-order valence-corrected chi connectivity index (χ3v) is 10.1. The smallest absolute Gasteiger partial charge is 0.237 e. The lowest BCUT2D eigenvalue weighted by molar-refractivity contribution is 0.0887. The summed E-state index contributed by atoms with van der Waals surface area (Å²) >= 11 is 1.57. The molecule has 1 atom stereocenters. The van der Waals surface area contributed by atoms with Crippen molar-refractivity contribution in [2.45, 2.75) is 90.2 Å². The number of rotatable bonds is 5. The molecule has 6 nitrogen and oxygen atoms in total. The Bertz CT molecular complexity index is 1370. The molecule has 7 heteroatoms. The highest BCUT2D eigenvalue weighted by Gasteiger charge is 2.51. The van der Waals surface area contributed by atoms with Gasteiger partial charge < -0.3 is 14.5 Å². The highest BCUT2D eigenvalue weighted by atomic mass is 32.2. The number of ether oxygens (including phenoxy) is 1. The fourth-order valence-corrected chi connectivity index (χ4v) is 7.92. The van der Waals surface area contributed by atoms with Gasteiger partial charge in [0.2, 0.25) is 11.8 Å². The van der Waals surface area contributed by atoms with Crippen molar-refractivity contribution in [3.63, 3.8) is 0 Å². The average Bonchev–Trinajstić information content (AvgIpc) is 3.36. The van der Waals surface area contributed by atoms with Gasteiger partial charge in [-0.05, 0) is 113 Å². The molecule has 6 rings (SSSR count). The standard InChI is InChI=1S/C34H45N5OS/c1-22(2)15-27-20-40-31-17-30(32-24(5)9-7-10-25(32)6)35-33(36-31)37-41-29-12-8-11-26(16-29)39(27)28-18-34(19-28)13-14-38(21-34)23(3)4/h7-12,16-17,22-23,27-28H,13-15,18-21H2,1-6H3,(H,35,36,37). The van der Waals surface area contributed by atoms with Gasteiger partial charge in [-0.1, -0.05) is 38.1 Å². The molecule has 1 saturated carbocycles. The summed E-state index contributed by atoms with van der Waals surface area (Å²) in [5, 5.41) is 0. The topological polar surface area (TPSA) is 53.5 Å². The summed E-state index contributed by atoms with van der Waals surface area (Å²) in [4.78, 5) is 16.3. The second-order valence-electron chi connectivity index (χ2n) is 13.3. The number of aryl methyl sites for hydroxylation is 2. The van der Waals surface area contributed by atoms with E-state index in [0.29, 0.717) is 41.9 Å². The van der Waals surface area contributed by atoms with Crippen LogP contribution in [0.25, 0.3) is 11.3 Å². The minimum absolute atomic E-state index is 0.259. The van der Waals surface area contributed by atoms with Gasteiger partial charge in [0.15, 0.2) is 0 Å². The van der Waals surface area contributed by atoms with Gasteiger partial charge >= 0.3 is 0 Å². The molecule has 1 spiro atoms. The van der Waals surface area contributed by atoms with Crippen molar-refractivity contribution < 1.29 is 4.74 Å². The first kappa shape index (κ1) is 28.4. The maximum atomic E-state index is 6.61. The Labute approximate surface area is 250 Å². The molecular weight excluding hydrogens is 526 g/mol. The molecular formula is C34H45N5OS. The van der Waals surface area contributed by atoms with E-state index in [-0.39, 0.29) is 6.04 Å². The van der Waals surface area contributed by atoms with Crippen LogP contribution in [0.1, 0.15) is 64.5 Å². The van der Waals surface area contributed by atoms with Gasteiger partial charge in [0.25, 0.3) is 0 Å². The zero-order chi connectivity index (χ0) is 28.7. The molecule has 2 aliphatic heterocycles. The number of aromatic nitrogens is 2. The Kier molecular flexibility index (Phi) is 7.94.